The first kappa shape index (κ1) is 39.6. The van der Waals surface area contributed by atoms with Crippen molar-refractivity contribution in [2.24, 2.45) is 5.92 Å². The van der Waals surface area contributed by atoms with Crippen molar-refractivity contribution in [2.75, 3.05) is 41.0 Å². The molecule has 302 valence electrons. The van der Waals surface area contributed by atoms with E-state index >= 15 is 0 Å². The summed E-state index contributed by atoms with van der Waals surface area (Å²) in [6, 6.07) is 15.1. The van der Waals surface area contributed by atoms with Gasteiger partial charge in [0.1, 0.15) is 17.9 Å². The van der Waals surface area contributed by atoms with Crippen molar-refractivity contribution in [3.8, 4) is 33.6 Å². The van der Waals surface area contributed by atoms with Crippen molar-refractivity contribution in [1.82, 2.24) is 35.4 Å². The predicted molar refractivity (Wildman–Crippen MR) is 214 cm³/mol. The summed E-state index contributed by atoms with van der Waals surface area (Å²) >= 11 is 0. The van der Waals surface area contributed by atoms with Crippen LogP contribution in [0.2, 0.25) is 0 Å². The fourth-order valence-corrected chi connectivity index (χ4v) is 8.72. The van der Waals surface area contributed by atoms with Crippen LogP contribution in [0.25, 0.3) is 33.6 Å². The third-order valence-corrected chi connectivity index (χ3v) is 11.6. The second-order valence-corrected chi connectivity index (χ2v) is 15.4. The molecule has 4 N–H and O–H groups in total. The van der Waals surface area contributed by atoms with E-state index in [0.717, 1.165) is 84.3 Å². The summed E-state index contributed by atoms with van der Waals surface area (Å²) < 4.78 is 14.7. The number of amides is 4. The number of ether oxygens (including phenoxy) is 3. The molecule has 7 rings (SSSR count). The molecular weight excluding hydrogens is 727 g/mol. The molecular formula is C43H53N7O7. The summed E-state index contributed by atoms with van der Waals surface area (Å²) in [5.41, 5.74) is 10.0. The number of carbonyl (C=O) groups is 4. The topological polar surface area (TPSA) is 171 Å². The van der Waals surface area contributed by atoms with E-state index in [1.807, 2.05) is 18.7 Å². The maximum absolute atomic E-state index is 13.8. The van der Waals surface area contributed by atoms with Gasteiger partial charge in [0, 0.05) is 31.6 Å². The number of hydrogen-bond acceptors (Lipinski definition) is 8. The first-order chi connectivity index (χ1) is 27.6. The van der Waals surface area contributed by atoms with Crippen molar-refractivity contribution >= 4 is 24.0 Å². The minimum atomic E-state index is -0.859. The van der Waals surface area contributed by atoms with E-state index in [1.54, 1.807) is 11.1 Å². The summed E-state index contributed by atoms with van der Waals surface area (Å²) in [5, 5.41) is 5.34. The fourth-order valence-electron chi connectivity index (χ4n) is 8.72. The van der Waals surface area contributed by atoms with Gasteiger partial charge in [-0.3, -0.25) is 9.59 Å². The first-order valence-electron chi connectivity index (χ1n) is 19.9. The lowest BCUT2D eigenvalue weighted by atomic mass is 9.99. The van der Waals surface area contributed by atoms with Gasteiger partial charge in [-0.15, -0.1) is 0 Å². The molecule has 4 amide bonds. The molecule has 4 aromatic rings. The molecule has 0 spiro atoms. The lowest BCUT2D eigenvalue weighted by molar-refractivity contribution is -0.136. The van der Waals surface area contributed by atoms with Crippen molar-refractivity contribution < 1.29 is 33.4 Å². The highest BCUT2D eigenvalue weighted by Crippen LogP contribution is 2.42. The highest BCUT2D eigenvalue weighted by Gasteiger charge is 2.40. The number of hydrogen-bond donors (Lipinski definition) is 4. The van der Waals surface area contributed by atoms with E-state index in [0.29, 0.717) is 18.9 Å². The quantitative estimate of drug-likeness (QED) is 0.130. The average Bonchev–Trinajstić information content (AvgIpc) is 4.08. The van der Waals surface area contributed by atoms with Crippen LogP contribution in [0.5, 0.6) is 0 Å². The number of carbonyl (C=O) groups excluding carboxylic acids is 4. The number of H-pyrrole nitrogens is 2. The van der Waals surface area contributed by atoms with E-state index in [4.69, 9.17) is 14.2 Å². The van der Waals surface area contributed by atoms with Gasteiger partial charge in [-0.1, -0.05) is 62.4 Å². The smallest absolute Gasteiger partial charge is 0.407 e. The maximum Gasteiger partial charge on any atom is 0.407 e. The van der Waals surface area contributed by atoms with Crippen LogP contribution in [0, 0.1) is 5.92 Å². The second kappa shape index (κ2) is 17.2. The number of nitrogens with zero attached hydrogens (tertiary/aromatic N) is 3. The second-order valence-electron chi connectivity index (χ2n) is 15.4. The molecule has 57 heavy (non-hydrogen) atoms. The Balaban J connectivity index is 1.05. The molecule has 2 aliphatic heterocycles. The SMILES string of the molecule is COC[C@H](NC(=O)OC)C(=O)N1CCC[C@H]1c1ncc(-c2ccc(-c3ccc(-c4[nH]c([C@@H]5CCCN5C(=O)[C@@H](NC(=O)OC)C(C)C)c5c4CCC5)cc3)cc2)[nH]1. The summed E-state index contributed by atoms with van der Waals surface area (Å²) in [7, 11) is 4.06. The molecule has 0 bridgehead atoms. The molecule has 0 saturated carbocycles. The van der Waals surface area contributed by atoms with E-state index in [-0.39, 0.29) is 36.4 Å². The zero-order chi connectivity index (χ0) is 40.2. The molecule has 14 heteroatoms. The Morgan fingerprint density at radius 3 is 1.95 bits per heavy atom. The van der Waals surface area contributed by atoms with Gasteiger partial charge in [0.15, 0.2) is 0 Å². The van der Waals surface area contributed by atoms with Gasteiger partial charge in [-0.25, -0.2) is 14.6 Å². The number of benzene rings is 2. The molecule has 0 unspecified atom stereocenters. The molecule has 0 radical (unpaired) electrons. The van der Waals surface area contributed by atoms with Crippen LogP contribution in [-0.2, 0) is 36.6 Å². The Labute approximate surface area is 333 Å². The molecule has 2 fully saturated rings. The van der Waals surface area contributed by atoms with Gasteiger partial charge in [0.2, 0.25) is 11.8 Å². The largest absolute Gasteiger partial charge is 0.453 e. The number of methoxy groups -OCH3 is 3. The van der Waals surface area contributed by atoms with Gasteiger partial charge in [0.25, 0.3) is 0 Å². The van der Waals surface area contributed by atoms with Crippen molar-refractivity contribution in [1.29, 1.82) is 0 Å². The lowest BCUT2D eigenvalue weighted by Gasteiger charge is -2.31. The highest BCUT2D eigenvalue weighted by atomic mass is 16.5. The minimum absolute atomic E-state index is 0.0338. The molecule has 2 aromatic carbocycles. The van der Waals surface area contributed by atoms with Gasteiger partial charge in [-0.05, 0) is 84.2 Å². The Bertz CT molecular complexity index is 2070. The molecule has 2 saturated heterocycles. The van der Waals surface area contributed by atoms with Gasteiger partial charge in [-0.2, -0.15) is 0 Å². The van der Waals surface area contributed by atoms with Gasteiger partial charge >= 0.3 is 12.2 Å². The van der Waals surface area contributed by atoms with E-state index in [2.05, 4.69) is 74.1 Å². The van der Waals surface area contributed by atoms with Gasteiger partial charge in [0.05, 0.1) is 44.8 Å². The summed E-state index contributed by atoms with van der Waals surface area (Å²) in [6.07, 6.45) is 6.94. The monoisotopic (exact) mass is 779 g/mol. The fraction of sp³-hybridized carbons (Fsp3) is 0.465. The van der Waals surface area contributed by atoms with Crippen molar-refractivity contribution in [2.45, 2.75) is 83.0 Å². The van der Waals surface area contributed by atoms with Crippen LogP contribution in [0.15, 0.2) is 54.7 Å². The summed E-state index contributed by atoms with van der Waals surface area (Å²) in [5.74, 6) is 0.311. The van der Waals surface area contributed by atoms with E-state index < -0.39 is 24.3 Å². The summed E-state index contributed by atoms with van der Waals surface area (Å²) in [4.78, 5) is 66.8. The Morgan fingerprint density at radius 1 is 0.737 bits per heavy atom. The zero-order valence-corrected chi connectivity index (χ0v) is 33.4. The third kappa shape index (κ3) is 8.13. The first-order valence-corrected chi connectivity index (χ1v) is 19.9. The van der Waals surface area contributed by atoms with Crippen molar-refractivity contribution in [3.05, 3.63) is 77.4 Å². The number of aromatic amines is 2. The van der Waals surface area contributed by atoms with Crippen LogP contribution in [0.3, 0.4) is 0 Å². The number of alkyl carbamates (subject to hydrolysis) is 2. The van der Waals surface area contributed by atoms with E-state index in [9.17, 15) is 19.2 Å². The van der Waals surface area contributed by atoms with Crippen LogP contribution in [-0.4, -0.2) is 102 Å². The normalized spacial score (nSPS) is 18.7. The number of imidazole rings is 1. The maximum atomic E-state index is 13.8. The Hall–Kier alpha value is -5.63. The number of rotatable bonds is 12. The molecule has 4 atom stereocenters. The Kier molecular flexibility index (Phi) is 12.0. The molecule has 2 aromatic heterocycles. The predicted octanol–water partition coefficient (Wildman–Crippen LogP) is 6.31. The molecule has 1 aliphatic carbocycles. The average molecular weight is 780 g/mol. The number of fused-ring (bicyclic) bond motifs is 1. The van der Waals surface area contributed by atoms with Crippen LogP contribution < -0.4 is 10.6 Å². The molecule has 4 heterocycles. The Morgan fingerprint density at radius 2 is 1.32 bits per heavy atom. The molecule has 14 nitrogen and oxygen atoms in total. The minimum Gasteiger partial charge on any atom is -0.453 e. The lowest BCUT2D eigenvalue weighted by Crippen LogP contribution is -2.51. The number of nitrogens with one attached hydrogen (secondary N) is 4. The highest BCUT2D eigenvalue weighted by molar-refractivity contribution is 5.87. The number of likely N-dealkylation sites (tertiary alicyclic amines) is 2. The summed E-state index contributed by atoms with van der Waals surface area (Å²) in [6.45, 7) is 5.12. The number of aromatic nitrogens is 3. The van der Waals surface area contributed by atoms with E-state index in [1.165, 1.54) is 32.5 Å². The van der Waals surface area contributed by atoms with Crippen LogP contribution in [0.1, 0.15) is 80.7 Å². The van der Waals surface area contributed by atoms with Crippen molar-refractivity contribution in [3.63, 3.8) is 0 Å². The molecule has 3 aliphatic rings. The zero-order valence-electron chi connectivity index (χ0n) is 33.4. The van der Waals surface area contributed by atoms with Crippen LogP contribution >= 0.6 is 0 Å². The third-order valence-electron chi connectivity index (χ3n) is 11.6. The standard InChI is InChI=1S/C43H53N7O7/c1-25(2)36(48-43(54)57-5)41(52)49-21-7-11-34(49)38-31-10-6-9-30(31)37(47-38)29-19-15-27(16-20-29)26-13-17-28(18-14-26)32-23-44-39(45-32)35-12-8-22-50(35)40(51)33(24-55-3)46-42(53)56-4/h13-20,23,25,33-36,47H,6-12,21-22,24H2,1-5H3,(H,44,45)(H,46,53)(H,48,54)/t33-,34-,35-,36-/m0/s1. The van der Waals surface area contributed by atoms with Gasteiger partial charge < -0.3 is 44.6 Å². The van der Waals surface area contributed by atoms with Crippen LogP contribution in [0.4, 0.5) is 9.59 Å².